The molecular weight excluding hydrogens is 264 g/mol. The van der Waals surface area contributed by atoms with E-state index in [9.17, 15) is 4.79 Å². The minimum Gasteiger partial charge on any atom is -0.354 e. The summed E-state index contributed by atoms with van der Waals surface area (Å²) in [5.41, 5.74) is 0.746. The van der Waals surface area contributed by atoms with Crippen molar-refractivity contribution in [3.8, 4) is 0 Å². The molecule has 0 saturated heterocycles. The van der Waals surface area contributed by atoms with Gasteiger partial charge in [0.05, 0.1) is 10.7 Å². The van der Waals surface area contributed by atoms with E-state index >= 15 is 0 Å². The van der Waals surface area contributed by atoms with Gasteiger partial charge in [-0.05, 0) is 33.0 Å². The quantitative estimate of drug-likeness (QED) is 0.740. The first kappa shape index (κ1) is 16.0. The van der Waals surface area contributed by atoms with Gasteiger partial charge in [0.15, 0.2) is 0 Å². The van der Waals surface area contributed by atoms with Gasteiger partial charge >= 0.3 is 0 Å². The van der Waals surface area contributed by atoms with Crippen LogP contribution in [0.2, 0.25) is 5.02 Å². The van der Waals surface area contributed by atoms with Crippen LogP contribution in [0, 0.1) is 6.92 Å². The molecule has 0 atom stereocenters. The van der Waals surface area contributed by atoms with Gasteiger partial charge in [-0.25, -0.2) is 0 Å². The maximum Gasteiger partial charge on any atom is 0.241 e. The molecule has 0 fully saturated rings. The summed E-state index contributed by atoms with van der Waals surface area (Å²) in [4.78, 5) is 14.0. The fourth-order valence-electron chi connectivity index (χ4n) is 1.85. The normalized spacial score (nSPS) is 11.0. The maximum atomic E-state index is 11.7. The van der Waals surface area contributed by atoms with Crippen LogP contribution in [-0.2, 0) is 11.3 Å². The minimum atomic E-state index is -0.0290. The first-order valence-corrected chi connectivity index (χ1v) is 7.13. The first-order valence-electron chi connectivity index (χ1n) is 6.75. The lowest BCUT2D eigenvalue weighted by molar-refractivity contribution is -0.121. The number of carbonyl (C=O) groups is 1. The summed E-state index contributed by atoms with van der Waals surface area (Å²) in [6, 6.07) is 0. The van der Waals surface area contributed by atoms with E-state index in [0.29, 0.717) is 11.6 Å². The van der Waals surface area contributed by atoms with Crippen molar-refractivity contribution in [1.82, 2.24) is 20.0 Å². The number of carbonyl (C=O) groups excluding carboxylic acids is 1. The Morgan fingerprint density at radius 3 is 2.68 bits per heavy atom. The van der Waals surface area contributed by atoms with Gasteiger partial charge in [0.2, 0.25) is 5.91 Å². The van der Waals surface area contributed by atoms with Crippen LogP contribution in [0.1, 0.15) is 26.0 Å². The van der Waals surface area contributed by atoms with E-state index in [-0.39, 0.29) is 12.5 Å². The second-order valence-electron chi connectivity index (χ2n) is 4.49. The number of aromatic nitrogens is 2. The molecule has 0 radical (unpaired) electrons. The minimum absolute atomic E-state index is 0.0290. The Labute approximate surface area is 119 Å². The number of nitrogens with one attached hydrogen (secondary N) is 1. The van der Waals surface area contributed by atoms with Gasteiger partial charge in [-0.15, -0.1) is 0 Å². The summed E-state index contributed by atoms with van der Waals surface area (Å²) in [7, 11) is 0. The molecule has 1 N–H and O–H groups in total. The Morgan fingerprint density at radius 1 is 1.47 bits per heavy atom. The molecule has 1 aromatic heterocycles. The van der Waals surface area contributed by atoms with E-state index in [1.807, 2.05) is 6.92 Å². The van der Waals surface area contributed by atoms with Crippen LogP contribution in [0.25, 0.3) is 0 Å². The molecule has 6 heteroatoms. The Morgan fingerprint density at radius 2 is 2.16 bits per heavy atom. The fourth-order valence-corrected chi connectivity index (χ4v) is 2.00. The first-order chi connectivity index (χ1) is 9.06. The van der Waals surface area contributed by atoms with E-state index < -0.39 is 0 Å². The largest absolute Gasteiger partial charge is 0.354 e. The van der Waals surface area contributed by atoms with Crippen molar-refractivity contribution in [2.45, 2.75) is 33.7 Å². The number of hydrogen-bond acceptors (Lipinski definition) is 3. The molecule has 0 unspecified atom stereocenters. The SMILES string of the molecule is CCN(CC)CCCNC(=O)Cn1cc(Cl)c(C)n1. The second-order valence-corrected chi connectivity index (χ2v) is 4.90. The molecule has 1 rings (SSSR count). The molecule has 0 aliphatic heterocycles. The number of amides is 1. The summed E-state index contributed by atoms with van der Waals surface area (Å²) in [6.07, 6.45) is 2.64. The maximum absolute atomic E-state index is 11.7. The lowest BCUT2D eigenvalue weighted by atomic mass is 10.3. The zero-order chi connectivity index (χ0) is 14.3. The summed E-state index contributed by atoms with van der Waals surface area (Å²) in [6.45, 7) is 10.1. The van der Waals surface area contributed by atoms with Crippen LogP contribution in [0.15, 0.2) is 6.20 Å². The molecule has 0 aliphatic carbocycles. The lowest BCUT2D eigenvalue weighted by Crippen LogP contribution is -2.31. The smallest absolute Gasteiger partial charge is 0.241 e. The summed E-state index contributed by atoms with van der Waals surface area (Å²) < 4.78 is 1.57. The third-order valence-electron chi connectivity index (χ3n) is 3.06. The lowest BCUT2D eigenvalue weighted by Gasteiger charge is -2.17. The van der Waals surface area contributed by atoms with Crippen molar-refractivity contribution in [2.24, 2.45) is 0 Å². The molecule has 5 nitrogen and oxygen atoms in total. The standard InChI is InChI=1S/C13H23ClN4O/c1-4-17(5-2)8-6-7-15-13(19)10-18-9-12(14)11(3)16-18/h9H,4-8,10H2,1-3H3,(H,15,19). The number of hydrogen-bond donors (Lipinski definition) is 1. The molecule has 108 valence electrons. The molecule has 1 heterocycles. The summed E-state index contributed by atoms with van der Waals surface area (Å²) in [5, 5.41) is 7.63. The number of halogens is 1. The zero-order valence-electron chi connectivity index (χ0n) is 11.9. The Hall–Kier alpha value is -1.07. The summed E-state index contributed by atoms with van der Waals surface area (Å²) in [5.74, 6) is -0.0290. The monoisotopic (exact) mass is 286 g/mol. The highest BCUT2D eigenvalue weighted by Gasteiger charge is 2.06. The Bertz CT molecular complexity index is 382. The van der Waals surface area contributed by atoms with Gasteiger partial charge in [0.1, 0.15) is 6.54 Å². The average molecular weight is 287 g/mol. The number of rotatable bonds is 8. The molecular formula is C13H23ClN4O. The van der Waals surface area contributed by atoms with E-state index in [4.69, 9.17) is 11.6 Å². The zero-order valence-corrected chi connectivity index (χ0v) is 12.7. The van der Waals surface area contributed by atoms with Crippen LogP contribution < -0.4 is 5.32 Å². The topological polar surface area (TPSA) is 50.2 Å². The predicted octanol–water partition coefficient (Wildman–Crippen LogP) is 1.69. The van der Waals surface area contributed by atoms with E-state index in [0.717, 1.165) is 31.7 Å². The third kappa shape index (κ3) is 5.61. The second kappa shape index (κ2) is 8.17. The van der Waals surface area contributed by atoms with E-state index in [2.05, 4.69) is 29.2 Å². The van der Waals surface area contributed by atoms with Gasteiger partial charge in [-0.3, -0.25) is 9.48 Å². The molecule has 0 saturated carbocycles. The highest BCUT2D eigenvalue weighted by Crippen LogP contribution is 2.11. The van der Waals surface area contributed by atoms with Gasteiger partial charge < -0.3 is 10.2 Å². The fraction of sp³-hybridized carbons (Fsp3) is 0.692. The van der Waals surface area contributed by atoms with Crippen molar-refractivity contribution >= 4 is 17.5 Å². The van der Waals surface area contributed by atoms with Crippen molar-refractivity contribution in [3.05, 3.63) is 16.9 Å². The Balaban J connectivity index is 2.21. The van der Waals surface area contributed by atoms with Gasteiger partial charge in [0, 0.05) is 12.7 Å². The molecule has 19 heavy (non-hydrogen) atoms. The average Bonchev–Trinajstić information content (AvgIpc) is 2.68. The van der Waals surface area contributed by atoms with Crippen LogP contribution in [0.5, 0.6) is 0 Å². The van der Waals surface area contributed by atoms with Gasteiger partial charge in [-0.2, -0.15) is 5.10 Å². The number of aryl methyl sites for hydroxylation is 1. The molecule has 1 aromatic rings. The molecule has 0 bridgehead atoms. The van der Waals surface area contributed by atoms with Gasteiger partial charge in [0.25, 0.3) is 0 Å². The summed E-state index contributed by atoms with van der Waals surface area (Å²) >= 11 is 5.89. The van der Waals surface area contributed by atoms with Crippen LogP contribution in [-0.4, -0.2) is 46.8 Å². The van der Waals surface area contributed by atoms with Crippen molar-refractivity contribution in [1.29, 1.82) is 0 Å². The third-order valence-corrected chi connectivity index (χ3v) is 3.43. The van der Waals surface area contributed by atoms with Crippen molar-refractivity contribution in [2.75, 3.05) is 26.2 Å². The van der Waals surface area contributed by atoms with E-state index in [1.165, 1.54) is 0 Å². The molecule has 0 spiro atoms. The highest BCUT2D eigenvalue weighted by atomic mass is 35.5. The predicted molar refractivity (Wildman–Crippen MR) is 77.4 cm³/mol. The van der Waals surface area contributed by atoms with E-state index in [1.54, 1.807) is 10.9 Å². The van der Waals surface area contributed by atoms with Crippen LogP contribution >= 0.6 is 11.6 Å². The molecule has 0 aromatic carbocycles. The van der Waals surface area contributed by atoms with Crippen LogP contribution in [0.4, 0.5) is 0 Å². The van der Waals surface area contributed by atoms with Crippen molar-refractivity contribution < 1.29 is 4.79 Å². The van der Waals surface area contributed by atoms with Crippen molar-refractivity contribution in [3.63, 3.8) is 0 Å². The Kier molecular flexibility index (Phi) is 6.87. The molecule has 0 aliphatic rings. The van der Waals surface area contributed by atoms with Crippen LogP contribution in [0.3, 0.4) is 0 Å². The molecule has 1 amide bonds. The highest BCUT2D eigenvalue weighted by molar-refractivity contribution is 6.31. The van der Waals surface area contributed by atoms with Gasteiger partial charge in [-0.1, -0.05) is 25.4 Å². The number of nitrogens with zero attached hydrogens (tertiary/aromatic N) is 3.